The molecule has 2 saturated heterocycles. The second kappa shape index (κ2) is 9.21. The normalized spacial score (nSPS) is 33.0. The van der Waals surface area contributed by atoms with E-state index in [2.05, 4.69) is 45.1 Å². The number of fused-ring (bicyclic) bond motifs is 1. The number of ether oxygens (including phenoxy) is 1. The number of benzene rings is 1. The van der Waals surface area contributed by atoms with E-state index in [1.54, 1.807) is 12.1 Å². The van der Waals surface area contributed by atoms with Crippen molar-refractivity contribution in [2.24, 2.45) is 16.5 Å². The first kappa shape index (κ1) is 26.6. The molecule has 14 nitrogen and oxygen atoms in total. The Morgan fingerprint density at radius 3 is 2.85 bits per heavy atom. The highest BCUT2D eigenvalue weighted by atomic mass is 16.5. The fourth-order valence-corrected chi connectivity index (χ4v) is 6.76. The van der Waals surface area contributed by atoms with E-state index in [0.29, 0.717) is 17.9 Å². The fourth-order valence-electron chi connectivity index (χ4n) is 6.76. The Morgan fingerprint density at radius 1 is 1.30 bits per heavy atom. The minimum absolute atomic E-state index is 0.0323. The first-order chi connectivity index (χ1) is 19.0. The summed E-state index contributed by atoms with van der Waals surface area (Å²) in [6.45, 7) is 5.49. The predicted octanol–water partition coefficient (Wildman–Crippen LogP) is -4.53. The number of amides is 2. The summed E-state index contributed by atoms with van der Waals surface area (Å²) in [5.74, 6) is -2.59. The van der Waals surface area contributed by atoms with E-state index in [1.807, 2.05) is 6.07 Å². The highest BCUT2D eigenvalue weighted by Crippen LogP contribution is 2.43. The van der Waals surface area contributed by atoms with Gasteiger partial charge in [-0.05, 0) is 37.3 Å². The number of rotatable bonds is 5. The summed E-state index contributed by atoms with van der Waals surface area (Å²) in [5.41, 5.74) is 11.9. The van der Waals surface area contributed by atoms with Crippen molar-refractivity contribution in [1.29, 1.82) is 0 Å². The molecular formula is C26H38N9O5+. The van der Waals surface area contributed by atoms with E-state index < -0.39 is 35.5 Å². The van der Waals surface area contributed by atoms with Crippen molar-refractivity contribution >= 4 is 23.7 Å². The van der Waals surface area contributed by atoms with Crippen LogP contribution in [0.25, 0.3) is 0 Å². The van der Waals surface area contributed by atoms with E-state index in [0.717, 1.165) is 31.4 Å². The largest absolute Gasteiger partial charge is 0.492 e. The molecule has 40 heavy (non-hydrogen) atoms. The maximum atomic E-state index is 13.6. The van der Waals surface area contributed by atoms with Crippen LogP contribution in [-0.2, 0) is 10.2 Å². The molecule has 0 aromatic heterocycles. The smallest absolute Gasteiger partial charge is 0.343 e. The molecule has 5 atom stereocenters. The van der Waals surface area contributed by atoms with E-state index >= 15 is 0 Å². The summed E-state index contributed by atoms with van der Waals surface area (Å²) in [6, 6.07) is 2.47. The number of guanidine groups is 2. The first-order valence-electron chi connectivity index (χ1n) is 13.8. The molecule has 216 valence electrons. The molecule has 0 radical (unpaired) electrons. The van der Waals surface area contributed by atoms with Gasteiger partial charge in [0, 0.05) is 12.1 Å². The van der Waals surface area contributed by atoms with Crippen LogP contribution in [0.4, 0.5) is 0 Å². The zero-order chi connectivity index (χ0) is 28.4. The summed E-state index contributed by atoms with van der Waals surface area (Å²) in [4.78, 5) is 35.3. The van der Waals surface area contributed by atoms with Crippen LogP contribution in [0.5, 0.6) is 5.75 Å². The lowest BCUT2D eigenvalue weighted by molar-refractivity contribution is -0.521. The number of nitrogens with one attached hydrogen (secondary N) is 5. The average molecular weight is 557 g/mol. The number of carbonyl (C=O) groups is 2. The van der Waals surface area contributed by atoms with Gasteiger partial charge in [-0.25, -0.2) is 10.3 Å². The van der Waals surface area contributed by atoms with E-state index in [4.69, 9.17) is 16.2 Å². The highest BCUT2D eigenvalue weighted by molar-refractivity contribution is 5.98. The third-order valence-electron chi connectivity index (χ3n) is 9.01. The van der Waals surface area contributed by atoms with Crippen molar-refractivity contribution < 1.29 is 29.5 Å². The van der Waals surface area contributed by atoms with Gasteiger partial charge in [-0.15, -0.1) is 0 Å². The Kier molecular flexibility index (Phi) is 6.12. The standard InChI is InChI=1S/C26H37N9O5/c1-24(2)8-10-40-18-13(5-3-6-14(18)24)20(36)32-17-12-35-23(28)31-16(11-30-21(37)15-7-4-9-29-15)19-25(35,26(17,38)39)34-22(27)33-19/h3,5-6,15-17,19,29,38-39H,4,7-12H2,1-2H3,(H2,28,31)(H,30,37)(H,32,36)(H3,27,33,34)/p+1/t15?,16-,17?,19-,25-/m0/s1. The Bertz CT molecular complexity index is 1290. The van der Waals surface area contributed by atoms with Crippen molar-refractivity contribution in [2.45, 2.75) is 74.1 Å². The van der Waals surface area contributed by atoms with Crippen LogP contribution >= 0.6 is 0 Å². The Morgan fingerprint density at radius 2 is 2.10 bits per heavy atom. The lowest BCUT2D eigenvalue weighted by Gasteiger charge is -2.46. The van der Waals surface area contributed by atoms with Gasteiger partial charge in [0.1, 0.15) is 17.8 Å². The van der Waals surface area contributed by atoms with Crippen LogP contribution in [0.15, 0.2) is 23.2 Å². The quantitative estimate of drug-likeness (QED) is 0.158. The number of nitrogens with zero attached hydrogens (tertiary/aromatic N) is 2. The van der Waals surface area contributed by atoms with Gasteiger partial charge >= 0.3 is 5.96 Å². The number of hydrogen-bond acceptors (Lipinski definition) is 11. The molecule has 2 unspecified atom stereocenters. The molecule has 5 aliphatic heterocycles. The molecule has 2 amide bonds. The van der Waals surface area contributed by atoms with Crippen LogP contribution < -0.4 is 42.5 Å². The third-order valence-corrected chi connectivity index (χ3v) is 9.01. The van der Waals surface area contributed by atoms with Gasteiger partial charge in [-0.2, -0.15) is 0 Å². The monoisotopic (exact) mass is 556 g/mol. The van der Waals surface area contributed by atoms with Crippen molar-refractivity contribution in [3.8, 4) is 5.75 Å². The summed E-state index contributed by atoms with van der Waals surface area (Å²) >= 11 is 0. The van der Waals surface area contributed by atoms with Gasteiger partial charge in [0.2, 0.25) is 11.7 Å². The van der Waals surface area contributed by atoms with Crippen molar-refractivity contribution in [3.05, 3.63) is 29.3 Å². The summed E-state index contributed by atoms with van der Waals surface area (Å²) in [6.07, 6.45) is 2.48. The second-order valence-electron chi connectivity index (χ2n) is 11.9. The molecule has 0 aliphatic carbocycles. The molecule has 6 rings (SSSR count). The lowest BCUT2D eigenvalue weighted by Crippen LogP contribution is -2.90. The highest BCUT2D eigenvalue weighted by Gasteiger charge is 2.76. The summed E-state index contributed by atoms with van der Waals surface area (Å²) < 4.78 is 5.90. The maximum absolute atomic E-state index is 13.6. The zero-order valence-corrected chi connectivity index (χ0v) is 22.7. The first-order valence-corrected chi connectivity index (χ1v) is 13.8. The molecule has 0 bridgehead atoms. The van der Waals surface area contributed by atoms with Gasteiger partial charge in [0.15, 0.2) is 12.0 Å². The fraction of sp³-hybridized carbons (Fsp3) is 0.615. The number of aliphatic hydroxyl groups is 2. The van der Waals surface area contributed by atoms with Gasteiger partial charge < -0.3 is 36.6 Å². The minimum atomic E-state index is -2.55. The molecule has 1 aromatic rings. The topological polar surface area (TPSA) is 214 Å². The molecule has 1 aromatic carbocycles. The maximum Gasteiger partial charge on any atom is 0.343 e. The second-order valence-corrected chi connectivity index (χ2v) is 11.9. The van der Waals surface area contributed by atoms with E-state index in [9.17, 15) is 19.8 Å². The molecular weight excluding hydrogens is 518 g/mol. The number of carbonyl (C=O) groups excluding carboxylic acids is 2. The lowest BCUT2D eigenvalue weighted by atomic mass is 9.79. The minimum Gasteiger partial charge on any atom is -0.492 e. The Labute approximate surface area is 231 Å². The zero-order valence-electron chi connectivity index (χ0n) is 22.7. The number of para-hydroxylation sites is 1. The van der Waals surface area contributed by atoms with Gasteiger partial charge in [0.25, 0.3) is 11.6 Å². The van der Waals surface area contributed by atoms with Crippen LogP contribution in [0.2, 0.25) is 0 Å². The molecule has 2 fully saturated rings. The SMILES string of the molecule is CC1(C)CCOc2c(C(=O)NC3CN4C(N)=N[C@@H](CNC(=O)C5CCCN5)[C@@H]5[NH+]=C(N)N[C@@]54C3(O)O)cccc21. The van der Waals surface area contributed by atoms with Gasteiger partial charge in [0.05, 0.1) is 24.8 Å². The molecule has 0 saturated carbocycles. The summed E-state index contributed by atoms with van der Waals surface area (Å²) in [7, 11) is 0. The molecule has 5 aliphatic rings. The van der Waals surface area contributed by atoms with Crippen LogP contribution in [0, 0.1) is 0 Å². The average Bonchev–Trinajstić information content (AvgIpc) is 3.61. The predicted molar refractivity (Wildman–Crippen MR) is 144 cm³/mol. The van der Waals surface area contributed by atoms with Crippen molar-refractivity contribution in [1.82, 2.24) is 26.2 Å². The number of aliphatic imine (C=N–C) groups is 1. The van der Waals surface area contributed by atoms with Crippen LogP contribution in [-0.4, -0.2) is 101 Å². The Balaban J connectivity index is 1.26. The van der Waals surface area contributed by atoms with Gasteiger partial charge in [-0.3, -0.25) is 25.2 Å². The number of nitrogens with two attached hydrogens (primary N) is 2. The number of hydrogen-bond donors (Lipinski definition) is 9. The van der Waals surface area contributed by atoms with E-state index in [1.165, 1.54) is 4.90 Å². The Hall–Kier alpha value is -3.62. The van der Waals surface area contributed by atoms with Gasteiger partial charge in [-0.1, -0.05) is 26.0 Å². The van der Waals surface area contributed by atoms with Crippen molar-refractivity contribution in [3.63, 3.8) is 0 Å². The summed E-state index contributed by atoms with van der Waals surface area (Å²) in [5, 5.41) is 35.3. The van der Waals surface area contributed by atoms with Crippen molar-refractivity contribution in [2.75, 3.05) is 26.2 Å². The van der Waals surface area contributed by atoms with E-state index in [-0.39, 0.29) is 42.4 Å². The molecule has 1 spiro atoms. The van der Waals surface area contributed by atoms with Crippen LogP contribution in [0.3, 0.4) is 0 Å². The molecule has 14 heteroatoms. The third kappa shape index (κ3) is 3.88. The molecule has 11 N–H and O–H groups in total. The molecule has 5 heterocycles. The van der Waals surface area contributed by atoms with Crippen LogP contribution in [0.1, 0.15) is 49.0 Å².